The number of alkyl halides is 2. The number of anilines is 2. The molecule has 2 N–H and O–H groups in total. The van der Waals surface area contributed by atoms with Crippen molar-refractivity contribution in [3.63, 3.8) is 0 Å². The minimum absolute atomic E-state index is 0.0428. The van der Waals surface area contributed by atoms with E-state index in [0.717, 1.165) is 18.5 Å². The fourth-order valence-corrected chi connectivity index (χ4v) is 4.53. The Balaban J connectivity index is 1.45. The summed E-state index contributed by atoms with van der Waals surface area (Å²) in [5.74, 6) is 0.151. The lowest BCUT2D eigenvalue weighted by atomic mass is 10.1. The summed E-state index contributed by atoms with van der Waals surface area (Å²) < 4.78 is 40.2. The van der Waals surface area contributed by atoms with Crippen LogP contribution in [0.3, 0.4) is 0 Å². The number of rotatable bonds is 8. The van der Waals surface area contributed by atoms with Crippen molar-refractivity contribution >= 4 is 39.2 Å². The monoisotopic (exact) mass is 503 g/mol. The Labute approximate surface area is 202 Å². The van der Waals surface area contributed by atoms with E-state index in [1.165, 1.54) is 11.3 Å². The standard InChI is InChI=1S/C22H23F2N7O3S/c1-30-11-14(9-26-30)31-5-2-16-19(31)21(34-15-3-6-33-7-4-15)29-22(27-16)28-18-8-13(12-35-18)20(32)25-10-17(23)24/h2,5,8-9,11-12,15,17H,3-4,6-7,10H2,1H3,(H,25,32)(H,27,28,29). The summed E-state index contributed by atoms with van der Waals surface area (Å²) in [6.07, 6.45) is 4.37. The molecule has 1 amide bonds. The third-order valence-electron chi connectivity index (χ3n) is 5.43. The maximum atomic E-state index is 12.4. The number of thiophene rings is 1. The van der Waals surface area contributed by atoms with E-state index in [-0.39, 0.29) is 11.7 Å². The van der Waals surface area contributed by atoms with Gasteiger partial charge in [-0.25, -0.2) is 13.8 Å². The number of hydrogen-bond donors (Lipinski definition) is 2. The van der Waals surface area contributed by atoms with E-state index in [0.29, 0.717) is 41.1 Å². The zero-order valence-corrected chi connectivity index (χ0v) is 19.6. The van der Waals surface area contributed by atoms with Crippen molar-refractivity contribution in [3.8, 4) is 11.6 Å². The first-order chi connectivity index (χ1) is 17.0. The number of nitrogens with one attached hydrogen (secondary N) is 2. The lowest BCUT2D eigenvalue weighted by molar-refractivity contribution is 0.0243. The second kappa shape index (κ2) is 9.96. The highest BCUT2D eigenvalue weighted by atomic mass is 32.1. The van der Waals surface area contributed by atoms with Gasteiger partial charge in [-0.15, -0.1) is 11.3 Å². The molecule has 1 fully saturated rings. The average Bonchev–Trinajstić information content (AvgIpc) is 3.58. The molecule has 0 aromatic carbocycles. The van der Waals surface area contributed by atoms with E-state index in [2.05, 4.69) is 25.7 Å². The first-order valence-corrected chi connectivity index (χ1v) is 11.9. The van der Waals surface area contributed by atoms with Gasteiger partial charge in [0.15, 0.2) is 0 Å². The molecule has 13 heteroatoms. The molecule has 1 aliphatic rings. The van der Waals surface area contributed by atoms with Crippen molar-refractivity contribution in [2.45, 2.75) is 25.4 Å². The molecule has 35 heavy (non-hydrogen) atoms. The van der Waals surface area contributed by atoms with Crippen LogP contribution < -0.4 is 15.4 Å². The third-order valence-corrected chi connectivity index (χ3v) is 6.28. The molecule has 10 nitrogen and oxygen atoms in total. The number of ether oxygens (including phenoxy) is 2. The number of aromatic nitrogens is 5. The second-order valence-electron chi connectivity index (χ2n) is 8.00. The van der Waals surface area contributed by atoms with E-state index in [1.807, 2.05) is 30.1 Å². The lowest BCUT2D eigenvalue weighted by Gasteiger charge is -2.23. The largest absolute Gasteiger partial charge is 0.473 e. The van der Waals surface area contributed by atoms with Crippen molar-refractivity contribution in [2.75, 3.05) is 25.1 Å². The number of aryl methyl sites for hydroxylation is 1. The van der Waals surface area contributed by atoms with Crippen LogP contribution in [0.25, 0.3) is 16.7 Å². The summed E-state index contributed by atoms with van der Waals surface area (Å²) in [7, 11) is 1.84. The molecular formula is C22H23F2N7O3S. The Morgan fingerprint density at radius 1 is 1.34 bits per heavy atom. The maximum Gasteiger partial charge on any atom is 0.255 e. The Hall–Kier alpha value is -3.58. The highest BCUT2D eigenvalue weighted by Gasteiger charge is 2.22. The fraction of sp³-hybridized carbons (Fsp3) is 0.364. The van der Waals surface area contributed by atoms with Gasteiger partial charge in [-0.1, -0.05) is 0 Å². The summed E-state index contributed by atoms with van der Waals surface area (Å²) in [5.41, 5.74) is 2.51. The highest BCUT2D eigenvalue weighted by molar-refractivity contribution is 7.14. The van der Waals surface area contributed by atoms with Crippen molar-refractivity contribution in [1.82, 2.24) is 29.6 Å². The van der Waals surface area contributed by atoms with Crippen molar-refractivity contribution in [3.05, 3.63) is 41.7 Å². The number of halogens is 2. The van der Waals surface area contributed by atoms with E-state index in [1.54, 1.807) is 22.3 Å². The molecule has 0 atom stereocenters. The Bertz CT molecular complexity index is 1330. The Morgan fingerprint density at radius 3 is 2.91 bits per heavy atom. The van der Waals surface area contributed by atoms with Crippen LogP contribution in [0.15, 0.2) is 36.1 Å². The van der Waals surface area contributed by atoms with Gasteiger partial charge in [-0.05, 0) is 12.1 Å². The third kappa shape index (κ3) is 5.25. The predicted octanol–water partition coefficient (Wildman–Crippen LogP) is 3.51. The van der Waals surface area contributed by atoms with Crippen LogP contribution in [0.5, 0.6) is 5.88 Å². The minimum atomic E-state index is -2.61. The first-order valence-electron chi connectivity index (χ1n) is 11.0. The van der Waals surface area contributed by atoms with Crippen molar-refractivity contribution in [2.24, 2.45) is 7.05 Å². The fourth-order valence-electron chi connectivity index (χ4n) is 3.75. The van der Waals surface area contributed by atoms with Gasteiger partial charge in [-0.2, -0.15) is 10.1 Å². The van der Waals surface area contributed by atoms with Gasteiger partial charge >= 0.3 is 0 Å². The number of hydrogen-bond acceptors (Lipinski definition) is 8. The van der Waals surface area contributed by atoms with E-state index < -0.39 is 18.9 Å². The molecule has 0 unspecified atom stereocenters. The molecule has 4 aromatic rings. The van der Waals surface area contributed by atoms with Crippen molar-refractivity contribution < 1.29 is 23.0 Å². The number of nitrogens with zero attached hydrogens (tertiary/aromatic N) is 5. The lowest BCUT2D eigenvalue weighted by Crippen LogP contribution is -2.28. The van der Waals surface area contributed by atoms with Gasteiger partial charge < -0.3 is 24.7 Å². The number of carbonyl (C=O) groups excluding carboxylic acids is 1. The SMILES string of the molecule is Cn1cc(-n2ccc3nc(Nc4cc(C(=O)NCC(F)F)cs4)nc(OC4CCOCC4)c32)cn1. The average molecular weight is 504 g/mol. The van der Waals surface area contributed by atoms with Gasteiger partial charge in [0, 0.05) is 37.7 Å². The van der Waals surface area contributed by atoms with Crippen LogP contribution in [0, 0.1) is 0 Å². The van der Waals surface area contributed by atoms with Crippen LogP contribution in [0.1, 0.15) is 23.2 Å². The normalized spacial score (nSPS) is 14.5. The molecular weight excluding hydrogens is 480 g/mol. The Morgan fingerprint density at radius 2 is 2.17 bits per heavy atom. The number of amides is 1. The molecule has 1 aliphatic heterocycles. The van der Waals surface area contributed by atoms with Gasteiger partial charge in [0.2, 0.25) is 11.8 Å². The topological polar surface area (TPSA) is 108 Å². The molecule has 0 bridgehead atoms. The summed E-state index contributed by atoms with van der Waals surface area (Å²) in [5, 5.41) is 11.7. The molecule has 0 radical (unpaired) electrons. The van der Waals surface area contributed by atoms with Gasteiger partial charge in [0.25, 0.3) is 12.3 Å². The van der Waals surface area contributed by atoms with Crippen LogP contribution in [0.4, 0.5) is 19.7 Å². The van der Waals surface area contributed by atoms with Crippen molar-refractivity contribution in [1.29, 1.82) is 0 Å². The zero-order valence-electron chi connectivity index (χ0n) is 18.8. The molecule has 0 saturated carbocycles. The molecule has 5 rings (SSSR count). The van der Waals surface area contributed by atoms with Gasteiger partial charge in [0.05, 0.1) is 47.7 Å². The highest BCUT2D eigenvalue weighted by Crippen LogP contribution is 2.31. The van der Waals surface area contributed by atoms with Crippen LogP contribution in [0.2, 0.25) is 0 Å². The summed E-state index contributed by atoms with van der Waals surface area (Å²) in [4.78, 5) is 21.3. The van der Waals surface area contributed by atoms with Gasteiger partial charge in [0.1, 0.15) is 11.6 Å². The van der Waals surface area contributed by atoms with E-state index in [4.69, 9.17) is 9.47 Å². The second-order valence-corrected chi connectivity index (χ2v) is 8.91. The molecule has 5 heterocycles. The summed E-state index contributed by atoms with van der Waals surface area (Å²) in [6, 6.07) is 3.43. The van der Waals surface area contributed by atoms with E-state index >= 15 is 0 Å². The van der Waals surface area contributed by atoms with Crippen LogP contribution >= 0.6 is 11.3 Å². The smallest absolute Gasteiger partial charge is 0.255 e. The number of fused-ring (bicyclic) bond motifs is 1. The molecule has 4 aromatic heterocycles. The van der Waals surface area contributed by atoms with Crippen LogP contribution in [-0.4, -0.2) is 62.5 Å². The first kappa shape index (κ1) is 23.2. The predicted molar refractivity (Wildman–Crippen MR) is 126 cm³/mol. The van der Waals surface area contributed by atoms with Crippen LogP contribution in [-0.2, 0) is 11.8 Å². The maximum absolute atomic E-state index is 12.4. The quantitative estimate of drug-likeness (QED) is 0.379. The molecule has 1 saturated heterocycles. The minimum Gasteiger partial charge on any atom is -0.473 e. The molecule has 0 spiro atoms. The molecule has 0 aliphatic carbocycles. The van der Waals surface area contributed by atoms with E-state index in [9.17, 15) is 13.6 Å². The zero-order chi connectivity index (χ0) is 24.4. The summed E-state index contributed by atoms with van der Waals surface area (Å²) >= 11 is 1.25. The summed E-state index contributed by atoms with van der Waals surface area (Å²) in [6.45, 7) is 0.552. The molecule has 184 valence electrons. The number of carbonyl (C=O) groups is 1. The Kier molecular flexibility index (Phi) is 6.59. The van der Waals surface area contributed by atoms with Gasteiger partial charge in [-0.3, -0.25) is 9.48 Å².